The summed E-state index contributed by atoms with van der Waals surface area (Å²) >= 11 is 6.03. The van der Waals surface area contributed by atoms with Crippen molar-refractivity contribution in [2.24, 2.45) is 0 Å². The van der Waals surface area contributed by atoms with Gasteiger partial charge in [0.25, 0.3) is 0 Å². The van der Waals surface area contributed by atoms with Gasteiger partial charge in [-0.3, -0.25) is 4.79 Å². The molecule has 7 heteroatoms. The standard InChI is InChI=1S/C15H18ClN5O/c1-12(21-11-17-10-18-21)15(22)20-7-5-19(6-8-20)14-4-2-3-13(16)9-14/h2-4,9-12H,5-8H2,1H3/t12-/m1/s1. The summed E-state index contributed by atoms with van der Waals surface area (Å²) in [6.45, 7) is 4.85. The van der Waals surface area contributed by atoms with Gasteiger partial charge >= 0.3 is 0 Å². The fraction of sp³-hybridized carbons (Fsp3) is 0.400. The third-order valence-electron chi connectivity index (χ3n) is 3.96. The van der Waals surface area contributed by atoms with Crippen LogP contribution in [0.25, 0.3) is 0 Å². The Morgan fingerprint density at radius 3 is 2.68 bits per heavy atom. The van der Waals surface area contributed by atoms with Crippen molar-refractivity contribution < 1.29 is 4.79 Å². The average Bonchev–Trinajstić information content (AvgIpc) is 3.08. The molecule has 0 radical (unpaired) electrons. The van der Waals surface area contributed by atoms with Gasteiger partial charge in [0.15, 0.2) is 0 Å². The molecule has 0 spiro atoms. The molecule has 1 saturated heterocycles. The molecule has 0 unspecified atom stereocenters. The summed E-state index contributed by atoms with van der Waals surface area (Å²) in [7, 11) is 0. The highest BCUT2D eigenvalue weighted by Gasteiger charge is 2.26. The van der Waals surface area contributed by atoms with Crippen molar-refractivity contribution in [2.45, 2.75) is 13.0 Å². The zero-order chi connectivity index (χ0) is 15.5. The predicted molar refractivity (Wildman–Crippen MR) is 85.0 cm³/mol. The Hall–Kier alpha value is -2.08. The molecule has 0 saturated carbocycles. The maximum Gasteiger partial charge on any atom is 0.247 e. The minimum absolute atomic E-state index is 0.0799. The van der Waals surface area contributed by atoms with Crippen molar-refractivity contribution in [1.29, 1.82) is 0 Å². The molecule has 6 nitrogen and oxygen atoms in total. The molecule has 0 aliphatic carbocycles. The Labute approximate surface area is 134 Å². The van der Waals surface area contributed by atoms with Gasteiger partial charge in [-0.1, -0.05) is 17.7 Å². The van der Waals surface area contributed by atoms with Gasteiger partial charge in [-0.2, -0.15) is 5.10 Å². The van der Waals surface area contributed by atoms with Gasteiger partial charge in [-0.15, -0.1) is 0 Å². The zero-order valence-corrected chi connectivity index (χ0v) is 13.1. The fourth-order valence-electron chi connectivity index (χ4n) is 2.65. The van der Waals surface area contributed by atoms with E-state index in [4.69, 9.17) is 11.6 Å². The number of piperazine rings is 1. The molecular weight excluding hydrogens is 302 g/mol. The summed E-state index contributed by atoms with van der Waals surface area (Å²) in [6, 6.07) is 7.49. The summed E-state index contributed by atoms with van der Waals surface area (Å²) in [6.07, 6.45) is 3.02. The Bertz CT molecular complexity index is 637. The van der Waals surface area contributed by atoms with Gasteiger partial charge in [0.2, 0.25) is 5.91 Å². The quantitative estimate of drug-likeness (QED) is 0.866. The average molecular weight is 320 g/mol. The van der Waals surface area contributed by atoms with E-state index in [2.05, 4.69) is 15.0 Å². The molecular formula is C15H18ClN5O. The normalized spacial score (nSPS) is 16.6. The second-order valence-corrected chi connectivity index (χ2v) is 5.78. The SMILES string of the molecule is C[C@H](C(=O)N1CCN(c2cccc(Cl)c2)CC1)n1cncn1. The van der Waals surface area contributed by atoms with Crippen LogP contribution in [0.3, 0.4) is 0 Å². The Kier molecular flexibility index (Phi) is 4.29. The van der Waals surface area contributed by atoms with Gasteiger partial charge in [-0.25, -0.2) is 9.67 Å². The van der Waals surface area contributed by atoms with Gasteiger partial charge in [-0.05, 0) is 25.1 Å². The molecule has 22 heavy (non-hydrogen) atoms. The molecule has 2 heterocycles. The molecule has 3 rings (SSSR count). The number of carbonyl (C=O) groups excluding carboxylic acids is 1. The molecule has 1 fully saturated rings. The third kappa shape index (κ3) is 3.06. The number of rotatable bonds is 3. The van der Waals surface area contributed by atoms with Crippen molar-refractivity contribution in [3.05, 3.63) is 41.9 Å². The van der Waals surface area contributed by atoms with Crippen LogP contribution in [0, 0.1) is 0 Å². The Balaban J connectivity index is 1.61. The fourth-order valence-corrected chi connectivity index (χ4v) is 2.84. The maximum atomic E-state index is 12.5. The summed E-state index contributed by atoms with van der Waals surface area (Å²) < 4.78 is 1.59. The monoisotopic (exact) mass is 319 g/mol. The van der Waals surface area contributed by atoms with E-state index in [9.17, 15) is 4.79 Å². The van der Waals surface area contributed by atoms with Gasteiger partial charge in [0.05, 0.1) is 0 Å². The van der Waals surface area contributed by atoms with E-state index in [0.29, 0.717) is 13.1 Å². The van der Waals surface area contributed by atoms with E-state index in [1.165, 1.54) is 6.33 Å². The molecule has 2 aromatic rings. The largest absolute Gasteiger partial charge is 0.368 e. The lowest BCUT2D eigenvalue weighted by atomic mass is 10.2. The van der Waals surface area contributed by atoms with Gasteiger partial charge in [0, 0.05) is 36.9 Å². The molecule has 1 amide bonds. The highest BCUT2D eigenvalue weighted by atomic mass is 35.5. The Morgan fingerprint density at radius 2 is 2.05 bits per heavy atom. The second-order valence-electron chi connectivity index (χ2n) is 5.34. The number of carbonyl (C=O) groups is 1. The highest BCUT2D eigenvalue weighted by Crippen LogP contribution is 2.21. The van der Waals surface area contributed by atoms with Crippen LogP contribution in [0.15, 0.2) is 36.9 Å². The lowest BCUT2D eigenvalue weighted by molar-refractivity contribution is -0.134. The van der Waals surface area contributed by atoms with Crippen LogP contribution in [0.4, 0.5) is 5.69 Å². The van der Waals surface area contributed by atoms with E-state index in [0.717, 1.165) is 23.8 Å². The summed E-state index contributed by atoms with van der Waals surface area (Å²) in [4.78, 5) is 20.5. The van der Waals surface area contributed by atoms with Crippen LogP contribution in [-0.4, -0.2) is 51.8 Å². The lowest BCUT2D eigenvalue weighted by Crippen LogP contribution is -2.50. The molecule has 1 atom stereocenters. The van der Waals surface area contributed by atoms with Gasteiger partial charge in [0.1, 0.15) is 18.7 Å². The highest BCUT2D eigenvalue weighted by molar-refractivity contribution is 6.30. The number of hydrogen-bond donors (Lipinski definition) is 0. The minimum atomic E-state index is -0.319. The number of amides is 1. The number of anilines is 1. The first-order chi connectivity index (χ1) is 10.6. The molecule has 0 bridgehead atoms. The van der Waals surface area contributed by atoms with E-state index >= 15 is 0 Å². The number of halogens is 1. The van der Waals surface area contributed by atoms with Crippen LogP contribution in [0.5, 0.6) is 0 Å². The lowest BCUT2D eigenvalue weighted by Gasteiger charge is -2.37. The van der Waals surface area contributed by atoms with Crippen LogP contribution in [0.1, 0.15) is 13.0 Å². The smallest absolute Gasteiger partial charge is 0.247 e. The molecule has 0 N–H and O–H groups in total. The first kappa shape index (κ1) is 14.8. The molecule has 1 aromatic carbocycles. The Morgan fingerprint density at radius 1 is 1.27 bits per heavy atom. The molecule has 116 valence electrons. The van der Waals surface area contributed by atoms with E-state index < -0.39 is 0 Å². The van der Waals surface area contributed by atoms with Crippen molar-refractivity contribution in [2.75, 3.05) is 31.1 Å². The van der Waals surface area contributed by atoms with E-state index in [1.54, 1.807) is 11.0 Å². The molecule has 1 aromatic heterocycles. The van der Waals surface area contributed by atoms with Crippen molar-refractivity contribution in [3.8, 4) is 0 Å². The van der Waals surface area contributed by atoms with Crippen molar-refractivity contribution in [1.82, 2.24) is 19.7 Å². The van der Waals surface area contributed by atoms with Crippen LogP contribution < -0.4 is 4.90 Å². The number of nitrogens with zero attached hydrogens (tertiary/aromatic N) is 5. The van der Waals surface area contributed by atoms with Crippen LogP contribution in [0.2, 0.25) is 5.02 Å². The molecule has 1 aliphatic rings. The third-order valence-corrected chi connectivity index (χ3v) is 4.19. The number of benzene rings is 1. The minimum Gasteiger partial charge on any atom is -0.368 e. The topological polar surface area (TPSA) is 54.3 Å². The predicted octanol–water partition coefficient (Wildman–Crippen LogP) is 1.84. The van der Waals surface area contributed by atoms with Crippen molar-refractivity contribution in [3.63, 3.8) is 0 Å². The first-order valence-corrected chi connectivity index (χ1v) is 7.66. The first-order valence-electron chi connectivity index (χ1n) is 7.28. The van der Waals surface area contributed by atoms with E-state index in [-0.39, 0.29) is 11.9 Å². The van der Waals surface area contributed by atoms with Gasteiger partial charge < -0.3 is 9.80 Å². The number of hydrogen-bond acceptors (Lipinski definition) is 4. The summed E-state index contributed by atoms with van der Waals surface area (Å²) in [5.74, 6) is 0.0799. The van der Waals surface area contributed by atoms with Crippen LogP contribution in [-0.2, 0) is 4.79 Å². The maximum absolute atomic E-state index is 12.5. The second kappa shape index (κ2) is 6.36. The summed E-state index contributed by atoms with van der Waals surface area (Å²) in [5, 5.41) is 4.77. The molecule has 1 aliphatic heterocycles. The van der Waals surface area contributed by atoms with E-state index in [1.807, 2.05) is 36.1 Å². The van der Waals surface area contributed by atoms with Crippen molar-refractivity contribution >= 4 is 23.2 Å². The van der Waals surface area contributed by atoms with Crippen LogP contribution >= 0.6 is 11.6 Å². The zero-order valence-electron chi connectivity index (χ0n) is 12.4. The number of aromatic nitrogens is 3. The summed E-state index contributed by atoms with van der Waals surface area (Å²) in [5.41, 5.74) is 1.10.